The van der Waals surface area contributed by atoms with Gasteiger partial charge in [-0.2, -0.15) is 0 Å². The SMILES string of the molecule is NC(C(=O)NCCCOC1CCCCC1)C1CCOCC1. The Labute approximate surface area is 127 Å². The van der Waals surface area contributed by atoms with Crippen LogP contribution in [0.3, 0.4) is 0 Å². The van der Waals surface area contributed by atoms with E-state index in [1.807, 2.05) is 0 Å². The number of hydrogen-bond donors (Lipinski definition) is 2. The Morgan fingerprint density at radius 1 is 1.19 bits per heavy atom. The van der Waals surface area contributed by atoms with Crippen LogP contribution in [0.4, 0.5) is 0 Å². The molecule has 2 aliphatic rings. The summed E-state index contributed by atoms with van der Waals surface area (Å²) < 4.78 is 11.1. The molecular formula is C16H30N2O3. The van der Waals surface area contributed by atoms with Crippen LogP contribution in [-0.2, 0) is 14.3 Å². The lowest BCUT2D eigenvalue weighted by Gasteiger charge is -2.26. The van der Waals surface area contributed by atoms with Crippen LogP contribution in [0.2, 0.25) is 0 Å². The van der Waals surface area contributed by atoms with E-state index < -0.39 is 6.04 Å². The Morgan fingerprint density at radius 3 is 2.62 bits per heavy atom. The van der Waals surface area contributed by atoms with Gasteiger partial charge in [0, 0.05) is 26.4 Å². The molecule has 5 heteroatoms. The topological polar surface area (TPSA) is 73.6 Å². The number of ether oxygens (including phenoxy) is 2. The first-order chi connectivity index (χ1) is 10.3. The van der Waals surface area contributed by atoms with Crippen molar-refractivity contribution in [3.63, 3.8) is 0 Å². The predicted molar refractivity (Wildman–Crippen MR) is 82.0 cm³/mol. The summed E-state index contributed by atoms with van der Waals surface area (Å²) in [5.74, 6) is 0.233. The van der Waals surface area contributed by atoms with Crippen molar-refractivity contribution in [3.8, 4) is 0 Å². The second-order valence-electron chi connectivity index (χ2n) is 6.25. The Kier molecular flexibility index (Phi) is 7.47. The van der Waals surface area contributed by atoms with Crippen molar-refractivity contribution in [2.75, 3.05) is 26.4 Å². The molecule has 1 aliphatic heterocycles. The van der Waals surface area contributed by atoms with Gasteiger partial charge in [-0.15, -0.1) is 0 Å². The summed E-state index contributed by atoms with van der Waals surface area (Å²) >= 11 is 0. The van der Waals surface area contributed by atoms with Gasteiger partial charge >= 0.3 is 0 Å². The van der Waals surface area contributed by atoms with Gasteiger partial charge in [0.1, 0.15) is 0 Å². The number of hydrogen-bond acceptors (Lipinski definition) is 4. The van der Waals surface area contributed by atoms with E-state index in [9.17, 15) is 4.79 Å². The first-order valence-corrected chi connectivity index (χ1v) is 8.50. The van der Waals surface area contributed by atoms with Gasteiger partial charge in [-0.3, -0.25) is 4.79 Å². The molecule has 1 saturated carbocycles. The lowest BCUT2D eigenvalue weighted by atomic mass is 9.92. The van der Waals surface area contributed by atoms with Crippen molar-refractivity contribution < 1.29 is 14.3 Å². The normalized spacial score (nSPS) is 22.9. The van der Waals surface area contributed by atoms with Gasteiger partial charge in [0.15, 0.2) is 0 Å². The second-order valence-corrected chi connectivity index (χ2v) is 6.25. The van der Waals surface area contributed by atoms with Gasteiger partial charge in [0.25, 0.3) is 0 Å². The molecule has 0 aromatic heterocycles. The fraction of sp³-hybridized carbons (Fsp3) is 0.938. The minimum atomic E-state index is -0.395. The van der Waals surface area contributed by atoms with Crippen molar-refractivity contribution in [1.82, 2.24) is 5.32 Å². The molecule has 5 nitrogen and oxygen atoms in total. The van der Waals surface area contributed by atoms with E-state index in [1.165, 1.54) is 32.1 Å². The molecule has 0 radical (unpaired) electrons. The fourth-order valence-corrected chi connectivity index (χ4v) is 3.17. The van der Waals surface area contributed by atoms with E-state index in [0.717, 1.165) is 39.1 Å². The summed E-state index contributed by atoms with van der Waals surface area (Å²) in [5, 5.41) is 2.93. The van der Waals surface area contributed by atoms with Gasteiger partial charge in [0.05, 0.1) is 12.1 Å². The van der Waals surface area contributed by atoms with Crippen LogP contribution in [0.25, 0.3) is 0 Å². The highest BCUT2D eigenvalue weighted by Crippen LogP contribution is 2.20. The second kappa shape index (κ2) is 9.38. The maximum absolute atomic E-state index is 12.0. The molecule has 1 heterocycles. The smallest absolute Gasteiger partial charge is 0.237 e. The number of amides is 1. The molecule has 0 aromatic carbocycles. The van der Waals surface area contributed by atoms with Gasteiger partial charge < -0.3 is 20.5 Å². The number of rotatable bonds is 7. The zero-order valence-corrected chi connectivity index (χ0v) is 13.0. The van der Waals surface area contributed by atoms with Crippen molar-refractivity contribution >= 4 is 5.91 Å². The minimum Gasteiger partial charge on any atom is -0.381 e. The third kappa shape index (κ3) is 5.93. The van der Waals surface area contributed by atoms with Crippen LogP contribution in [0.15, 0.2) is 0 Å². The van der Waals surface area contributed by atoms with Gasteiger partial charge in [-0.25, -0.2) is 0 Å². The molecule has 0 aromatic rings. The Bertz CT molecular complexity index is 300. The quantitative estimate of drug-likeness (QED) is 0.700. The number of nitrogens with one attached hydrogen (secondary N) is 1. The van der Waals surface area contributed by atoms with Crippen LogP contribution >= 0.6 is 0 Å². The zero-order chi connectivity index (χ0) is 14.9. The summed E-state index contributed by atoms with van der Waals surface area (Å²) in [6.45, 7) is 2.83. The molecule has 122 valence electrons. The largest absolute Gasteiger partial charge is 0.381 e. The molecule has 1 amide bonds. The minimum absolute atomic E-state index is 0.0282. The van der Waals surface area contributed by atoms with E-state index in [2.05, 4.69) is 5.32 Å². The number of nitrogens with two attached hydrogens (primary N) is 1. The van der Waals surface area contributed by atoms with Crippen molar-refractivity contribution in [1.29, 1.82) is 0 Å². The van der Waals surface area contributed by atoms with E-state index >= 15 is 0 Å². The molecule has 0 bridgehead atoms. The molecule has 2 fully saturated rings. The van der Waals surface area contributed by atoms with Gasteiger partial charge in [0.2, 0.25) is 5.91 Å². The Balaban J connectivity index is 1.52. The Morgan fingerprint density at radius 2 is 1.90 bits per heavy atom. The number of carbonyl (C=O) groups is 1. The number of carbonyl (C=O) groups excluding carboxylic acids is 1. The molecule has 1 unspecified atom stereocenters. The van der Waals surface area contributed by atoms with Crippen LogP contribution in [0, 0.1) is 5.92 Å². The molecule has 3 N–H and O–H groups in total. The van der Waals surface area contributed by atoms with Crippen LogP contribution in [0.1, 0.15) is 51.4 Å². The summed E-state index contributed by atoms with van der Waals surface area (Å²) in [6.07, 6.45) is 9.41. The van der Waals surface area contributed by atoms with E-state index in [4.69, 9.17) is 15.2 Å². The molecule has 1 saturated heterocycles. The summed E-state index contributed by atoms with van der Waals surface area (Å²) in [5.41, 5.74) is 6.02. The standard InChI is InChI=1S/C16H30N2O3/c17-15(13-7-11-20-12-8-13)16(19)18-9-4-10-21-14-5-2-1-3-6-14/h13-15H,1-12,17H2,(H,18,19). The monoisotopic (exact) mass is 298 g/mol. The van der Waals surface area contributed by atoms with E-state index in [0.29, 0.717) is 12.6 Å². The molecular weight excluding hydrogens is 268 g/mol. The van der Waals surface area contributed by atoms with Crippen LogP contribution < -0.4 is 11.1 Å². The predicted octanol–water partition coefficient (Wildman–Crippen LogP) is 1.60. The first-order valence-electron chi connectivity index (χ1n) is 8.50. The maximum atomic E-state index is 12.0. The average Bonchev–Trinajstić information content (AvgIpc) is 2.55. The first kappa shape index (κ1) is 16.7. The van der Waals surface area contributed by atoms with Crippen molar-refractivity contribution in [2.24, 2.45) is 11.7 Å². The zero-order valence-electron chi connectivity index (χ0n) is 13.0. The average molecular weight is 298 g/mol. The van der Waals surface area contributed by atoms with Gasteiger partial charge in [-0.1, -0.05) is 19.3 Å². The van der Waals surface area contributed by atoms with E-state index in [-0.39, 0.29) is 11.8 Å². The highest BCUT2D eigenvalue weighted by atomic mass is 16.5. The molecule has 21 heavy (non-hydrogen) atoms. The molecule has 1 atom stereocenters. The summed E-state index contributed by atoms with van der Waals surface area (Å²) in [7, 11) is 0. The molecule has 0 spiro atoms. The van der Waals surface area contributed by atoms with Crippen molar-refractivity contribution in [2.45, 2.75) is 63.5 Å². The van der Waals surface area contributed by atoms with Crippen LogP contribution in [-0.4, -0.2) is 44.4 Å². The van der Waals surface area contributed by atoms with Crippen molar-refractivity contribution in [3.05, 3.63) is 0 Å². The highest BCUT2D eigenvalue weighted by Gasteiger charge is 2.26. The van der Waals surface area contributed by atoms with E-state index in [1.54, 1.807) is 0 Å². The van der Waals surface area contributed by atoms with Crippen LogP contribution in [0.5, 0.6) is 0 Å². The molecule has 2 rings (SSSR count). The lowest BCUT2D eigenvalue weighted by Crippen LogP contribution is -2.47. The summed E-state index contributed by atoms with van der Waals surface area (Å²) in [4.78, 5) is 12.0. The molecule has 1 aliphatic carbocycles. The third-order valence-electron chi connectivity index (χ3n) is 4.60. The highest BCUT2D eigenvalue weighted by molar-refractivity contribution is 5.81. The maximum Gasteiger partial charge on any atom is 0.237 e. The lowest BCUT2D eigenvalue weighted by molar-refractivity contribution is -0.124. The van der Waals surface area contributed by atoms with Gasteiger partial charge in [-0.05, 0) is 38.0 Å². The third-order valence-corrected chi connectivity index (χ3v) is 4.60. The summed E-state index contributed by atoms with van der Waals surface area (Å²) in [6, 6.07) is -0.395. The Hall–Kier alpha value is -0.650. The fourth-order valence-electron chi connectivity index (χ4n) is 3.17.